The molecule has 0 saturated carbocycles. The van der Waals surface area contributed by atoms with Crippen molar-refractivity contribution >= 4 is 28.2 Å². The normalized spacial score (nSPS) is 20.7. The number of carbonyl (C=O) groups excluding carboxylic acids is 1. The zero-order valence-corrected chi connectivity index (χ0v) is 14.2. The van der Waals surface area contributed by atoms with Crippen LogP contribution in [-0.2, 0) is 21.1 Å². The average Bonchev–Trinajstić information content (AvgIpc) is 2.91. The van der Waals surface area contributed by atoms with Gasteiger partial charge in [-0.3, -0.25) is 4.79 Å². The van der Waals surface area contributed by atoms with Crippen LogP contribution < -0.4 is 10.6 Å². The zero-order chi connectivity index (χ0) is 17.0. The first kappa shape index (κ1) is 20.8. The molecule has 0 bridgehead atoms. The van der Waals surface area contributed by atoms with Gasteiger partial charge >= 0.3 is 5.76 Å². The van der Waals surface area contributed by atoms with Crippen LogP contribution in [0.5, 0.6) is 0 Å². The number of β-amino-alcohol motifs (C(OH)–C–C–N with tert-alkyl or cyclic N) is 1. The van der Waals surface area contributed by atoms with E-state index in [1.54, 1.807) is 0 Å². The number of hydrogen-bond donors (Lipinski definition) is 3. The third-order valence-corrected chi connectivity index (χ3v) is 5.12. The first-order valence-corrected chi connectivity index (χ1v) is 8.62. The number of sulfone groups is 1. The van der Waals surface area contributed by atoms with Crippen molar-refractivity contribution in [2.45, 2.75) is 23.2 Å². The van der Waals surface area contributed by atoms with Crippen molar-refractivity contribution in [1.29, 1.82) is 0 Å². The average molecular weight is 385 g/mol. The van der Waals surface area contributed by atoms with Crippen molar-refractivity contribution in [3.8, 4) is 0 Å². The monoisotopic (exact) mass is 384 g/mol. The molecule has 2 unspecified atom stereocenters. The van der Waals surface area contributed by atoms with Crippen molar-refractivity contribution in [1.82, 2.24) is 10.6 Å². The van der Waals surface area contributed by atoms with Crippen LogP contribution in [0, 0.1) is 5.92 Å². The van der Waals surface area contributed by atoms with Crippen molar-refractivity contribution in [3.63, 3.8) is 0 Å². The Balaban J connectivity index is 0.00000288. The van der Waals surface area contributed by atoms with Crippen LogP contribution in [0.2, 0.25) is 0 Å². The lowest BCUT2D eigenvalue weighted by Gasteiger charge is -2.14. The van der Waals surface area contributed by atoms with Gasteiger partial charge in [0.05, 0.1) is 17.4 Å². The summed E-state index contributed by atoms with van der Waals surface area (Å²) in [5.41, 5.74) is 0.515. The van der Waals surface area contributed by atoms with E-state index in [0.717, 1.165) is 12.1 Å². The quantitative estimate of drug-likeness (QED) is 0.657. The van der Waals surface area contributed by atoms with E-state index < -0.39 is 26.6 Å². The molecule has 0 aromatic heterocycles. The molecule has 0 spiro atoms. The second-order valence-corrected chi connectivity index (χ2v) is 7.33. The Hall–Kier alpha value is -1.29. The molecule has 2 rings (SSSR count). The zero-order valence-electron chi connectivity index (χ0n) is 12.6. The van der Waals surface area contributed by atoms with Crippen molar-refractivity contribution in [2.24, 2.45) is 5.92 Å². The van der Waals surface area contributed by atoms with E-state index in [4.69, 9.17) is 0 Å². The fourth-order valence-corrected chi connectivity index (χ4v) is 3.04. The van der Waals surface area contributed by atoms with Gasteiger partial charge in [-0.15, -0.1) is 12.4 Å². The van der Waals surface area contributed by atoms with E-state index in [-0.39, 0.29) is 30.7 Å². The van der Waals surface area contributed by atoms with Crippen molar-refractivity contribution < 1.29 is 27.1 Å². The predicted octanol–water partition coefficient (Wildman–Crippen LogP) is 0.344. The van der Waals surface area contributed by atoms with E-state index in [9.17, 15) is 27.1 Å². The number of hydrogen-bond acceptors (Lipinski definition) is 5. The number of aliphatic hydroxyl groups excluding tert-OH is 1. The Kier molecular flexibility index (Phi) is 7.53. The number of nitrogens with one attached hydrogen (secondary N) is 2. The molecule has 24 heavy (non-hydrogen) atoms. The lowest BCUT2D eigenvalue weighted by atomic mass is 10.1. The molecule has 1 aliphatic rings. The Morgan fingerprint density at radius 2 is 1.92 bits per heavy atom. The summed E-state index contributed by atoms with van der Waals surface area (Å²) in [6, 6.07) is 4.80. The third-order valence-electron chi connectivity index (χ3n) is 3.72. The smallest absolute Gasteiger partial charge is 0.341 e. The molecule has 0 aliphatic carbocycles. The highest BCUT2D eigenvalue weighted by Crippen LogP contribution is 2.18. The van der Waals surface area contributed by atoms with Crippen molar-refractivity contribution in [3.05, 3.63) is 29.8 Å². The number of rotatable bonds is 6. The van der Waals surface area contributed by atoms with E-state index in [2.05, 4.69) is 10.6 Å². The van der Waals surface area contributed by atoms with Crippen molar-refractivity contribution in [2.75, 3.05) is 19.6 Å². The number of aliphatic hydroxyl groups is 1. The van der Waals surface area contributed by atoms with Gasteiger partial charge in [0.25, 0.3) is 0 Å². The molecule has 6 nitrogen and oxygen atoms in total. The molecule has 1 fully saturated rings. The lowest BCUT2D eigenvalue weighted by Crippen LogP contribution is -2.35. The highest BCUT2D eigenvalue weighted by molar-refractivity contribution is 7.91. The van der Waals surface area contributed by atoms with Gasteiger partial charge in [0.15, 0.2) is 0 Å². The molecule has 1 heterocycles. The molecule has 10 heteroatoms. The molecule has 1 amide bonds. The number of amides is 1. The topological polar surface area (TPSA) is 95.5 Å². The Labute approximate surface area is 145 Å². The third kappa shape index (κ3) is 5.10. The summed E-state index contributed by atoms with van der Waals surface area (Å²) < 4.78 is 47.4. The van der Waals surface area contributed by atoms with Gasteiger partial charge in [-0.2, -0.15) is 8.78 Å². The molecule has 1 aromatic rings. The number of halogens is 3. The SMILES string of the molecule is Cl.O=C(Cc1ccc(S(=O)(=O)C(F)F)cc1)NCC1CNCC1O. The minimum atomic E-state index is -4.62. The number of alkyl halides is 2. The van der Waals surface area contributed by atoms with Crippen LogP contribution >= 0.6 is 12.4 Å². The second-order valence-electron chi connectivity index (χ2n) is 5.42. The molecular weight excluding hydrogens is 366 g/mol. The maximum absolute atomic E-state index is 12.4. The molecule has 136 valence electrons. The van der Waals surface area contributed by atoms with Crippen LogP contribution in [-0.4, -0.2) is 50.9 Å². The standard InChI is InChI=1S/C14H18F2N2O4S.ClH/c15-14(16)23(21,22)11-3-1-9(2-4-11)5-13(20)18-7-10-6-17-8-12(10)19;/h1-4,10,12,14,17,19H,5-8H2,(H,18,20);1H. The van der Waals surface area contributed by atoms with Crippen LogP contribution in [0.4, 0.5) is 8.78 Å². The second kappa shape index (κ2) is 8.70. The molecule has 2 atom stereocenters. The van der Waals surface area contributed by atoms with E-state index in [0.29, 0.717) is 25.2 Å². The maximum Gasteiger partial charge on any atom is 0.341 e. The fraction of sp³-hybridized carbons (Fsp3) is 0.500. The van der Waals surface area contributed by atoms with Gasteiger partial charge in [-0.25, -0.2) is 8.42 Å². The summed E-state index contributed by atoms with van der Waals surface area (Å²) >= 11 is 0. The van der Waals surface area contributed by atoms with Crippen LogP contribution in [0.15, 0.2) is 29.2 Å². The van der Waals surface area contributed by atoms with E-state index >= 15 is 0 Å². The molecule has 3 N–H and O–H groups in total. The molecular formula is C14H19ClF2N2O4S. The first-order valence-electron chi connectivity index (χ1n) is 7.07. The minimum absolute atomic E-state index is 0. The Bertz CT molecular complexity index is 655. The first-order chi connectivity index (χ1) is 10.8. The summed E-state index contributed by atoms with van der Waals surface area (Å²) in [7, 11) is -4.62. The fourth-order valence-electron chi connectivity index (χ4n) is 2.32. The van der Waals surface area contributed by atoms with Crippen LogP contribution in [0.3, 0.4) is 0 Å². The largest absolute Gasteiger partial charge is 0.391 e. The highest BCUT2D eigenvalue weighted by Gasteiger charge is 2.27. The van der Waals surface area contributed by atoms with Gasteiger partial charge in [-0.1, -0.05) is 12.1 Å². The lowest BCUT2D eigenvalue weighted by molar-refractivity contribution is -0.120. The molecule has 0 radical (unpaired) electrons. The summed E-state index contributed by atoms with van der Waals surface area (Å²) in [5, 5.41) is 15.3. The predicted molar refractivity (Wildman–Crippen MR) is 86.0 cm³/mol. The minimum Gasteiger partial charge on any atom is -0.391 e. The molecule has 1 saturated heterocycles. The summed E-state index contributed by atoms with van der Waals surface area (Å²) in [6.07, 6.45) is -0.486. The van der Waals surface area contributed by atoms with E-state index in [1.807, 2.05) is 0 Å². The van der Waals surface area contributed by atoms with Gasteiger partial charge in [0, 0.05) is 25.6 Å². The highest BCUT2D eigenvalue weighted by atomic mass is 35.5. The molecule has 1 aromatic carbocycles. The summed E-state index contributed by atoms with van der Waals surface area (Å²) in [4.78, 5) is 11.3. The van der Waals surface area contributed by atoms with E-state index in [1.165, 1.54) is 12.1 Å². The van der Waals surface area contributed by atoms with Crippen LogP contribution in [0.1, 0.15) is 5.56 Å². The van der Waals surface area contributed by atoms with Crippen LogP contribution in [0.25, 0.3) is 0 Å². The summed E-state index contributed by atoms with van der Waals surface area (Å²) in [5.74, 6) is -3.80. The van der Waals surface area contributed by atoms with Gasteiger partial charge in [0.2, 0.25) is 15.7 Å². The van der Waals surface area contributed by atoms with Gasteiger partial charge < -0.3 is 15.7 Å². The Morgan fingerprint density at radius 3 is 2.42 bits per heavy atom. The van der Waals surface area contributed by atoms with Gasteiger partial charge in [0.1, 0.15) is 0 Å². The summed E-state index contributed by atoms with van der Waals surface area (Å²) in [6.45, 7) is 1.47. The Morgan fingerprint density at radius 1 is 1.29 bits per heavy atom. The number of benzene rings is 1. The van der Waals surface area contributed by atoms with Gasteiger partial charge in [-0.05, 0) is 17.7 Å². The number of carbonyl (C=O) groups is 1. The maximum atomic E-state index is 12.4. The molecule has 1 aliphatic heterocycles.